The van der Waals surface area contributed by atoms with Crippen LogP contribution in [0.3, 0.4) is 0 Å². The molecule has 1 aliphatic rings. The summed E-state index contributed by atoms with van der Waals surface area (Å²) in [5.74, 6) is -1.20. The highest BCUT2D eigenvalue weighted by molar-refractivity contribution is 5.95. The third-order valence-corrected chi connectivity index (χ3v) is 4.00. The minimum atomic E-state index is -0.693. The largest absolute Gasteiger partial charge is 0.484 e. The first kappa shape index (κ1) is 17.8. The average molecular weight is 360 g/mol. The van der Waals surface area contributed by atoms with Gasteiger partial charge in [0.25, 0.3) is 5.91 Å². The standard InChI is InChI=1S/C19H18F2N2O3/c20-14-8-13(9-15(21)10-14)11-22-18(24)12-26-17-5-3-16(4-6-17)23-7-1-2-19(23)25/h3-6,8-10H,1-2,7,11-12H2,(H,22,24). The number of carbonyl (C=O) groups excluding carboxylic acids is 2. The topological polar surface area (TPSA) is 58.6 Å². The molecule has 0 aliphatic carbocycles. The Hall–Kier alpha value is -2.96. The average Bonchev–Trinajstić information content (AvgIpc) is 3.04. The van der Waals surface area contributed by atoms with Gasteiger partial charge in [0, 0.05) is 31.3 Å². The first-order chi connectivity index (χ1) is 12.5. The molecule has 5 nitrogen and oxygen atoms in total. The lowest BCUT2D eigenvalue weighted by Crippen LogP contribution is -2.28. The predicted octanol–water partition coefficient (Wildman–Crippen LogP) is 2.79. The number of ether oxygens (including phenoxy) is 1. The smallest absolute Gasteiger partial charge is 0.258 e. The van der Waals surface area contributed by atoms with Gasteiger partial charge in [-0.2, -0.15) is 0 Å². The first-order valence-electron chi connectivity index (χ1n) is 8.26. The van der Waals surface area contributed by atoms with E-state index in [9.17, 15) is 18.4 Å². The van der Waals surface area contributed by atoms with E-state index in [0.29, 0.717) is 24.3 Å². The molecule has 3 rings (SSSR count). The van der Waals surface area contributed by atoms with E-state index in [2.05, 4.69) is 5.32 Å². The van der Waals surface area contributed by atoms with Gasteiger partial charge in [0.2, 0.25) is 5.91 Å². The number of halogens is 2. The van der Waals surface area contributed by atoms with E-state index in [-0.39, 0.29) is 19.1 Å². The van der Waals surface area contributed by atoms with Crippen molar-refractivity contribution in [3.05, 3.63) is 59.7 Å². The molecule has 26 heavy (non-hydrogen) atoms. The number of carbonyl (C=O) groups is 2. The number of hydrogen-bond donors (Lipinski definition) is 1. The van der Waals surface area contributed by atoms with E-state index in [1.54, 1.807) is 29.2 Å². The Bertz CT molecular complexity index is 789. The Balaban J connectivity index is 1.47. The van der Waals surface area contributed by atoms with Gasteiger partial charge in [-0.1, -0.05) is 0 Å². The van der Waals surface area contributed by atoms with Crippen LogP contribution in [-0.4, -0.2) is 25.0 Å². The summed E-state index contributed by atoms with van der Waals surface area (Å²) in [5, 5.41) is 2.54. The Morgan fingerprint density at radius 2 is 1.81 bits per heavy atom. The van der Waals surface area contributed by atoms with Gasteiger partial charge in [-0.3, -0.25) is 9.59 Å². The van der Waals surface area contributed by atoms with Crippen LogP contribution in [0.25, 0.3) is 0 Å². The molecular formula is C19H18F2N2O3. The van der Waals surface area contributed by atoms with Crippen molar-refractivity contribution in [1.82, 2.24) is 5.32 Å². The second kappa shape index (κ2) is 7.95. The lowest BCUT2D eigenvalue weighted by molar-refractivity contribution is -0.123. The van der Waals surface area contributed by atoms with Crippen LogP contribution in [0.2, 0.25) is 0 Å². The fourth-order valence-electron chi connectivity index (χ4n) is 2.76. The summed E-state index contributed by atoms with van der Waals surface area (Å²) in [6.45, 7) is 0.495. The monoisotopic (exact) mass is 360 g/mol. The first-order valence-corrected chi connectivity index (χ1v) is 8.26. The number of nitrogens with one attached hydrogen (secondary N) is 1. The minimum absolute atomic E-state index is 0.00683. The molecule has 0 unspecified atom stereocenters. The molecule has 1 aliphatic heterocycles. The van der Waals surface area contributed by atoms with Crippen molar-refractivity contribution in [1.29, 1.82) is 0 Å². The van der Waals surface area contributed by atoms with E-state index in [1.807, 2.05) is 0 Å². The van der Waals surface area contributed by atoms with Gasteiger partial charge in [0.15, 0.2) is 6.61 Å². The number of benzene rings is 2. The van der Waals surface area contributed by atoms with Crippen molar-refractivity contribution in [2.24, 2.45) is 0 Å². The van der Waals surface area contributed by atoms with Gasteiger partial charge in [-0.05, 0) is 48.4 Å². The van der Waals surface area contributed by atoms with E-state index in [1.165, 1.54) is 0 Å². The van der Waals surface area contributed by atoms with Crippen LogP contribution in [0, 0.1) is 11.6 Å². The van der Waals surface area contributed by atoms with E-state index < -0.39 is 17.5 Å². The van der Waals surface area contributed by atoms with Crippen molar-refractivity contribution in [2.75, 3.05) is 18.1 Å². The van der Waals surface area contributed by atoms with E-state index >= 15 is 0 Å². The third-order valence-electron chi connectivity index (χ3n) is 4.00. The second-order valence-electron chi connectivity index (χ2n) is 5.99. The number of hydrogen-bond acceptors (Lipinski definition) is 3. The van der Waals surface area contributed by atoms with Gasteiger partial charge >= 0.3 is 0 Å². The summed E-state index contributed by atoms with van der Waals surface area (Å²) in [6.07, 6.45) is 1.42. The van der Waals surface area contributed by atoms with Gasteiger partial charge in [0.1, 0.15) is 17.4 Å². The molecule has 0 bridgehead atoms. The normalized spacial score (nSPS) is 13.8. The molecule has 2 aromatic rings. The summed E-state index contributed by atoms with van der Waals surface area (Å²) < 4.78 is 31.6. The van der Waals surface area contributed by atoms with E-state index in [4.69, 9.17) is 4.74 Å². The van der Waals surface area contributed by atoms with E-state index in [0.717, 1.165) is 30.3 Å². The highest BCUT2D eigenvalue weighted by Crippen LogP contribution is 2.23. The van der Waals surface area contributed by atoms with Gasteiger partial charge < -0.3 is 15.0 Å². The molecule has 2 aromatic carbocycles. The molecule has 0 aromatic heterocycles. The molecule has 2 amide bonds. The lowest BCUT2D eigenvalue weighted by atomic mass is 10.2. The van der Waals surface area contributed by atoms with Crippen LogP contribution in [0.15, 0.2) is 42.5 Å². The summed E-state index contributed by atoms with van der Waals surface area (Å²) in [6, 6.07) is 10.0. The van der Waals surface area contributed by atoms with Crippen LogP contribution >= 0.6 is 0 Å². The second-order valence-corrected chi connectivity index (χ2v) is 5.99. The summed E-state index contributed by atoms with van der Waals surface area (Å²) in [5.41, 5.74) is 1.13. The molecule has 0 spiro atoms. The molecule has 0 radical (unpaired) electrons. The Morgan fingerprint density at radius 1 is 1.12 bits per heavy atom. The molecule has 1 fully saturated rings. The number of anilines is 1. The molecule has 7 heteroatoms. The zero-order valence-corrected chi connectivity index (χ0v) is 14.0. The van der Waals surface area contributed by atoms with Crippen molar-refractivity contribution in [2.45, 2.75) is 19.4 Å². The maximum atomic E-state index is 13.1. The molecule has 1 heterocycles. The van der Waals surface area contributed by atoms with Crippen LogP contribution in [-0.2, 0) is 16.1 Å². The third kappa shape index (κ3) is 4.56. The quantitative estimate of drug-likeness (QED) is 0.862. The molecule has 0 saturated carbocycles. The fraction of sp³-hybridized carbons (Fsp3) is 0.263. The maximum Gasteiger partial charge on any atom is 0.258 e. The molecule has 1 saturated heterocycles. The lowest BCUT2D eigenvalue weighted by Gasteiger charge is -2.16. The predicted molar refractivity (Wildman–Crippen MR) is 91.7 cm³/mol. The van der Waals surface area contributed by atoms with Crippen LogP contribution in [0.5, 0.6) is 5.75 Å². The number of rotatable bonds is 6. The fourth-order valence-corrected chi connectivity index (χ4v) is 2.76. The Morgan fingerprint density at radius 3 is 2.42 bits per heavy atom. The van der Waals surface area contributed by atoms with Crippen molar-refractivity contribution in [3.63, 3.8) is 0 Å². The van der Waals surface area contributed by atoms with Crippen LogP contribution in [0.1, 0.15) is 18.4 Å². The summed E-state index contributed by atoms with van der Waals surface area (Å²) >= 11 is 0. The van der Waals surface area contributed by atoms with Gasteiger partial charge in [-0.25, -0.2) is 8.78 Å². The Kier molecular flexibility index (Phi) is 5.46. The van der Waals surface area contributed by atoms with Crippen molar-refractivity contribution >= 4 is 17.5 Å². The van der Waals surface area contributed by atoms with Crippen LogP contribution < -0.4 is 15.0 Å². The number of amides is 2. The molecule has 1 N–H and O–H groups in total. The van der Waals surface area contributed by atoms with Gasteiger partial charge in [0.05, 0.1) is 0 Å². The molecule has 136 valence electrons. The SMILES string of the molecule is O=C(COc1ccc(N2CCCC2=O)cc1)NCc1cc(F)cc(F)c1. The van der Waals surface area contributed by atoms with Gasteiger partial charge in [-0.15, -0.1) is 0 Å². The maximum absolute atomic E-state index is 13.1. The highest BCUT2D eigenvalue weighted by atomic mass is 19.1. The summed E-state index contributed by atoms with van der Waals surface area (Å²) in [4.78, 5) is 25.2. The minimum Gasteiger partial charge on any atom is -0.484 e. The van der Waals surface area contributed by atoms with Crippen molar-refractivity contribution < 1.29 is 23.1 Å². The number of nitrogens with zero attached hydrogens (tertiary/aromatic N) is 1. The van der Waals surface area contributed by atoms with Crippen molar-refractivity contribution in [3.8, 4) is 5.75 Å². The Labute approximate surface area is 149 Å². The molecule has 0 atom stereocenters. The van der Waals surface area contributed by atoms with Crippen LogP contribution in [0.4, 0.5) is 14.5 Å². The molecular weight excluding hydrogens is 342 g/mol. The highest BCUT2D eigenvalue weighted by Gasteiger charge is 2.21. The zero-order chi connectivity index (χ0) is 18.5. The summed E-state index contributed by atoms with van der Waals surface area (Å²) in [7, 11) is 0. The zero-order valence-electron chi connectivity index (χ0n) is 14.0.